The van der Waals surface area contributed by atoms with Gasteiger partial charge in [-0.3, -0.25) is 4.79 Å². The Labute approximate surface area is 109 Å². The summed E-state index contributed by atoms with van der Waals surface area (Å²) >= 11 is 7.30. The Kier molecular flexibility index (Phi) is 4.18. The number of hydrogen-bond donors (Lipinski definition) is 1. The van der Waals surface area contributed by atoms with E-state index in [1.165, 1.54) is 11.3 Å². The molecule has 1 amide bonds. The molecule has 0 bridgehead atoms. The topological polar surface area (TPSA) is 29.1 Å². The lowest BCUT2D eigenvalue weighted by molar-refractivity contribution is -0.120. The lowest BCUT2D eigenvalue weighted by Gasteiger charge is -2.03. The highest BCUT2D eigenvalue weighted by Crippen LogP contribution is 2.20. The molecule has 0 aliphatic heterocycles. The summed E-state index contributed by atoms with van der Waals surface area (Å²) in [5.41, 5.74) is 1.02. The van der Waals surface area contributed by atoms with E-state index in [1.807, 2.05) is 42.5 Å². The average molecular weight is 266 g/mol. The molecule has 0 saturated carbocycles. The van der Waals surface area contributed by atoms with Crippen LogP contribution in [0, 0.1) is 0 Å². The molecule has 0 atom stereocenters. The minimum atomic E-state index is 0.0284. The molecule has 1 aromatic heterocycles. The molecule has 88 valence electrons. The molecule has 0 aliphatic carbocycles. The van der Waals surface area contributed by atoms with Crippen molar-refractivity contribution in [1.82, 2.24) is 5.32 Å². The fourth-order valence-corrected chi connectivity index (χ4v) is 2.50. The standard InChI is InChI=1S/C13H12ClNOS/c14-12-7-6-11(17-12)9-15-13(16)8-10-4-2-1-3-5-10/h1-7H,8-9H2,(H,15,16). The van der Waals surface area contributed by atoms with Gasteiger partial charge >= 0.3 is 0 Å². The zero-order valence-electron chi connectivity index (χ0n) is 9.15. The number of carbonyl (C=O) groups excluding carboxylic acids is 1. The first kappa shape index (κ1) is 12.1. The van der Waals surface area contributed by atoms with Crippen LogP contribution in [0.1, 0.15) is 10.4 Å². The van der Waals surface area contributed by atoms with E-state index in [-0.39, 0.29) is 5.91 Å². The minimum Gasteiger partial charge on any atom is -0.351 e. The Hall–Kier alpha value is -1.32. The third-order valence-corrected chi connectivity index (χ3v) is 3.53. The quantitative estimate of drug-likeness (QED) is 0.903. The van der Waals surface area contributed by atoms with Crippen LogP contribution in [0.3, 0.4) is 0 Å². The van der Waals surface area contributed by atoms with Crippen LogP contribution in [0.5, 0.6) is 0 Å². The van der Waals surface area contributed by atoms with Crippen molar-refractivity contribution in [2.24, 2.45) is 0 Å². The Morgan fingerprint density at radius 2 is 1.94 bits per heavy atom. The van der Waals surface area contributed by atoms with Crippen molar-refractivity contribution in [3.8, 4) is 0 Å². The molecule has 1 N–H and O–H groups in total. The van der Waals surface area contributed by atoms with Crippen molar-refractivity contribution < 1.29 is 4.79 Å². The van der Waals surface area contributed by atoms with E-state index in [4.69, 9.17) is 11.6 Å². The maximum Gasteiger partial charge on any atom is 0.224 e. The van der Waals surface area contributed by atoms with Gasteiger partial charge in [-0.1, -0.05) is 41.9 Å². The van der Waals surface area contributed by atoms with Gasteiger partial charge in [0, 0.05) is 4.88 Å². The number of hydrogen-bond acceptors (Lipinski definition) is 2. The lowest BCUT2D eigenvalue weighted by Crippen LogP contribution is -2.24. The van der Waals surface area contributed by atoms with Gasteiger partial charge < -0.3 is 5.32 Å². The maximum atomic E-state index is 11.7. The summed E-state index contributed by atoms with van der Waals surface area (Å²) in [7, 11) is 0. The fraction of sp³-hybridized carbons (Fsp3) is 0.154. The van der Waals surface area contributed by atoms with Crippen LogP contribution in [0.15, 0.2) is 42.5 Å². The molecule has 0 fully saturated rings. The van der Waals surface area contributed by atoms with Gasteiger partial charge in [0.05, 0.1) is 17.3 Å². The average Bonchev–Trinajstić information content (AvgIpc) is 2.74. The number of halogens is 1. The fourth-order valence-electron chi connectivity index (χ4n) is 1.48. The summed E-state index contributed by atoms with van der Waals surface area (Å²) in [5.74, 6) is 0.0284. The Balaban J connectivity index is 1.82. The molecule has 0 spiro atoms. The summed E-state index contributed by atoms with van der Waals surface area (Å²) in [4.78, 5) is 12.7. The number of thiophene rings is 1. The van der Waals surface area contributed by atoms with Crippen molar-refractivity contribution in [2.45, 2.75) is 13.0 Å². The predicted molar refractivity (Wildman–Crippen MR) is 71.3 cm³/mol. The van der Waals surface area contributed by atoms with Gasteiger partial charge in [0.1, 0.15) is 0 Å². The molecule has 0 radical (unpaired) electrons. The van der Waals surface area contributed by atoms with Crippen LogP contribution in [0.2, 0.25) is 4.34 Å². The molecule has 4 heteroatoms. The van der Waals surface area contributed by atoms with Crippen LogP contribution in [-0.2, 0) is 17.8 Å². The summed E-state index contributed by atoms with van der Waals surface area (Å²) in [5, 5.41) is 2.87. The van der Waals surface area contributed by atoms with Crippen molar-refractivity contribution in [3.63, 3.8) is 0 Å². The van der Waals surface area contributed by atoms with Gasteiger partial charge in [-0.25, -0.2) is 0 Å². The molecule has 17 heavy (non-hydrogen) atoms. The molecule has 1 aromatic carbocycles. The number of carbonyl (C=O) groups is 1. The van der Waals surface area contributed by atoms with E-state index in [1.54, 1.807) is 0 Å². The normalized spacial score (nSPS) is 10.2. The highest BCUT2D eigenvalue weighted by atomic mass is 35.5. The Morgan fingerprint density at radius 3 is 2.59 bits per heavy atom. The number of benzene rings is 1. The largest absolute Gasteiger partial charge is 0.351 e. The first-order valence-corrected chi connectivity index (χ1v) is 6.48. The Morgan fingerprint density at radius 1 is 1.18 bits per heavy atom. The number of amides is 1. The highest BCUT2D eigenvalue weighted by molar-refractivity contribution is 7.16. The first-order valence-electron chi connectivity index (χ1n) is 5.29. The van der Waals surface area contributed by atoms with Crippen LogP contribution in [0.4, 0.5) is 0 Å². The van der Waals surface area contributed by atoms with E-state index >= 15 is 0 Å². The lowest BCUT2D eigenvalue weighted by atomic mass is 10.1. The highest BCUT2D eigenvalue weighted by Gasteiger charge is 2.04. The van der Waals surface area contributed by atoms with Gasteiger partial charge in [0.2, 0.25) is 5.91 Å². The van der Waals surface area contributed by atoms with Crippen molar-refractivity contribution in [1.29, 1.82) is 0 Å². The van der Waals surface area contributed by atoms with Gasteiger partial charge in [0.15, 0.2) is 0 Å². The van der Waals surface area contributed by atoms with E-state index in [0.717, 1.165) is 14.8 Å². The first-order chi connectivity index (χ1) is 8.24. The van der Waals surface area contributed by atoms with E-state index in [0.29, 0.717) is 13.0 Å². The molecule has 2 nitrogen and oxygen atoms in total. The van der Waals surface area contributed by atoms with Crippen LogP contribution >= 0.6 is 22.9 Å². The van der Waals surface area contributed by atoms with Crippen molar-refractivity contribution in [2.75, 3.05) is 0 Å². The van der Waals surface area contributed by atoms with Gasteiger partial charge in [0.25, 0.3) is 0 Å². The second-order valence-electron chi connectivity index (χ2n) is 3.64. The van der Waals surface area contributed by atoms with E-state index in [9.17, 15) is 4.79 Å². The van der Waals surface area contributed by atoms with Crippen LogP contribution < -0.4 is 5.32 Å². The summed E-state index contributed by atoms with van der Waals surface area (Å²) < 4.78 is 0.748. The third kappa shape index (κ3) is 3.88. The SMILES string of the molecule is O=C(Cc1ccccc1)NCc1ccc(Cl)s1. The molecular weight excluding hydrogens is 254 g/mol. The summed E-state index contributed by atoms with van der Waals surface area (Å²) in [6, 6.07) is 13.5. The van der Waals surface area contributed by atoms with Gasteiger partial charge in [-0.05, 0) is 17.7 Å². The van der Waals surface area contributed by atoms with Crippen molar-refractivity contribution in [3.05, 3.63) is 57.2 Å². The zero-order chi connectivity index (χ0) is 12.1. The Bertz CT molecular complexity index is 495. The third-order valence-electron chi connectivity index (χ3n) is 2.30. The molecule has 0 unspecified atom stereocenters. The number of nitrogens with one attached hydrogen (secondary N) is 1. The minimum absolute atomic E-state index is 0.0284. The summed E-state index contributed by atoms with van der Waals surface area (Å²) in [6.07, 6.45) is 0.417. The molecule has 0 saturated heterocycles. The van der Waals surface area contributed by atoms with E-state index < -0.39 is 0 Å². The van der Waals surface area contributed by atoms with Gasteiger partial charge in [-0.15, -0.1) is 11.3 Å². The maximum absolute atomic E-state index is 11.7. The van der Waals surface area contributed by atoms with E-state index in [2.05, 4.69) is 5.32 Å². The molecule has 0 aliphatic rings. The van der Waals surface area contributed by atoms with Crippen molar-refractivity contribution >= 4 is 28.8 Å². The second-order valence-corrected chi connectivity index (χ2v) is 5.44. The van der Waals surface area contributed by atoms with Crippen LogP contribution in [0.25, 0.3) is 0 Å². The number of rotatable bonds is 4. The second kappa shape index (κ2) is 5.84. The monoisotopic (exact) mass is 265 g/mol. The predicted octanol–water partition coefficient (Wildman–Crippen LogP) is 3.26. The molecule has 1 heterocycles. The molecular formula is C13H12ClNOS. The smallest absolute Gasteiger partial charge is 0.224 e. The molecule has 2 rings (SSSR count). The summed E-state index contributed by atoms with van der Waals surface area (Å²) in [6.45, 7) is 0.545. The molecule has 2 aromatic rings. The van der Waals surface area contributed by atoms with Crippen LogP contribution in [-0.4, -0.2) is 5.91 Å². The van der Waals surface area contributed by atoms with Gasteiger partial charge in [-0.2, -0.15) is 0 Å². The zero-order valence-corrected chi connectivity index (χ0v) is 10.7.